The minimum atomic E-state index is -1.07. The van der Waals surface area contributed by atoms with Gasteiger partial charge in [0.25, 0.3) is 11.6 Å². The van der Waals surface area contributed by atoms with Gasteiger partial charge >= 0.3 is 5.97 Å². The van der Waals surface area contributed by atoms with Crippen molar-refractivity contribution >= 4 is 33.5 Å². The number of non-ortho nitro benzene ring substituents is 1. The first-order valence-corrected chi connectivity index (χ1v) is 10.5. The van der Waals surface area contributed by atoms with E-state index in [1.165, 1.54) is 23.1 Å². The lowest BCUT2D eigenvalue weighted by atomic mass is 9.79. The monoisotopic (exact) mass is 460 g/mol. The normalized spacial score (nSPS) is 18.4. The number of nitrogens with zero attached hydrogens (tertiary/aromatic N) is 2. The number of carbonyl (C=O) groups excluding carboxylic acids is 1. The number of hydrogen-bond acceptors (Lipinski definition) is 4. The zero-order valence-electron chi connectivity index (χ0n) is 15.9. The molecule has 1 N–H and O–H groups in total. The summed E-state index contributed by atoms with van der Waals surface area (Å²) >= 11 is 3.35. The topological polar surface area (TPSA) is 101 Å². The van der Waals surface area contributed by atoms with Gasteiger partial charge in [0.05, 0.1) is 16.5 Å². The van der Waals surface area contributed by atoms with Crippen LogP contribution in [0.4, 0.5) is 5.69 Å². The standard InChI is InChI=1S/C21H21BrN2O5/c1-2-13-4-6-14(7-5-13)19-18(21(26)27)16-9-8-15(24(28)29)12-17(16)20(25)23(19)11-3-10-22/h4-9,12,18-19H,2-3,10-11H2,1H3,(H,26,27)/t18-,19-/m1/s1. The molecule has 152 valence electrons. The molecular formula is C21H21BrN2O5. The molecule has 0 unspecified atom stereocenters. The van der Waals surface area contributed by atoms with Crippen LogP contribution < -0.4 is 0 Å². The van der Waals surface area contributed by atoms with E-state index in [1.54, 1.807) is 0 Å². The van der Waals surface area contributed by atoms with Crippen molar-refractivity contribution in [1.29, 1.82) is 0 Å². The van der Waals surface area contributed by atoms with E-state index in [2.05, 4.69) is 15.9 Å². The minimum absolute atomic E-state index is 0.0857. The maximum Gasteiger partial charge on any atom is 0.313 e. The Bertz CT molecular complexity index is 945. The summed E-state index contributed by atoms with van der Waals surface area (Å²) in [6, 6.07) is 10.8. The molecule has 1 heterocycles. The van der Waals surface area contributed by atoms with Gasteiger partial charge in [0, 0.05) is 24.0 Å². The van der Waals surface area contributed by atoms with Gasteiger partial charge in [-0.2, -0.15) is 0 Å². The van der Waals surface area contributed by atoms with Gasteiger partial charge in [-0.1, -0.05) is 53.2 Å². The number of nitro benzene ring substituents is 1. The lowest BCUT2D eigenvalue weighted by Gasteiger charge is -2.40. The molecule has 8 heteroatoms. The van der Waals surface area contributed by atoms with Crippen LogP contribution >= 0.6 is 15.9 Å². The number of hydrogen-bond donors (Lipinski definition) is 1. The number of alkyl halides is 1. The van der Waals surface area contributed by atoms with Gasteiger partial charge in [0.1, 0.15) is 5.92 Å². The van der Waals surface area contributed by atoms with Gasteiger partial charge in [-0.05, 0) is 29.5 Å². The lowest BCUT2D eigenvalue weighted by molar-refractivity contribution is -0.384. The van der Waals surface area contributed by atoms with Crippen LogP contribution in [0.2, 0.25) is 0 Å². The first kappa shape index (κ1) is 21.0. The Morgan fingerprint density at radius 2 is 1.93 bits per heavy atom. The molecule has 0 spiro atoms. The Labute approximate surface area is 176 Å². The molecule has 1 aliphatic rings. The number of fused-ring (bicyclic) bond motifs is 1. The fourth-order valence-corrected chi connectivity index (χ4v) is 4.06. The number of amides is 1. The summed E-state index contributed by atoms with van der Waals surface area (Å²) in [4.78, 5) is 37.7. The average Bonchev–Trinajstić information content (AvgIpc) is 2.72. The van der Waals surface area contributed by atoms with Crippen molar-refractivity contribution < 1.29 is 19.6 Å². The summed E-state index contributed by atoms with van der Waals surface area (Å²) in [7, 11) is 0. The highest BCUT2D eigenvalue weighted by Gasteiger charge is 2.44. The van der Waals surface area contributed by atoms with Crippen LogP contribution in [-0.4, -0.2) is 38.7 Å². The fourth-order valence-electron chi connectivity index (χ4n) is 3.81. The molecule has 2 aromatic carbocycles. The van der Waals surface area contributed by atoms with E-state index in [9.17, 15) is 24.8 Å². The van der Waals surface area contributed by atoms with Gasteiger partial charge in [-0.15, -0.1) is 0 Å². The maximum absolute atomic E-state index is 13.3. The number of benzene rings is 2. The van der Waals surface area contributed by atoms with Crippen LogP contribution in [-0.2, 0) is 11.2 Å². The number of halogens is 1. The average molecular weight is 461 g/mol. The van der Waals surface area contributed by atoms with Gasteiger partial charge in [-0.25, -0.2) is 0 Å². The predicted molar refractivity (Wildman–Crippen MR) is 111 cm³/mol. The smallest absolute Gasteiger partial charge is 0.313 e. The third-order valence-electron chi connectivity index (χ3n) is 5.25. The second kappa shape index (κ2) is 8.73. The molecule has 1 amide bonds. The summed E-state index contributed by atoms with van der Waals surface area (Å²) < 4.78 is 0. The van der Waals surface area contributed by atoms with Crippen LogP contribution in [0, 0.1) is 10.1 Å². The van der Waals surface area contributed by atoms with Crippen molar-refractivity contribution in [1.82, 2.24) is 4.90 Å². The van der Waals surface area contributed by atoms with Gasteiger partial charge in [0.2, 0.25) is 0 Å². The number of carbonyl (C=O) groups is 2. The molecule has 7 nitrogen and oxygen atoms in total. The Morgan fingerprint density at radius 1 is 1.24 bits per heavy atom. The molecule has 0 aliphatic carbocycles. The van der Waals surface area contributed by atoms with E-state index in [0.717, 1.165) is 17.5 Å². The van der Waals surface area contributed by atoms with Crippen molar-refractivity contribution in [2.75, 3.05) is 11.9 Å². The molecule has 2 aromatic rings. The summed E-state index contributed by atoms with van der Waals surface area (Å²) in [5.74, 6) is -2.46. The number of rotatable bonds is 7. The third-order valence-corrected chi connectivity index (χ3v) is 5.81. The van der Waals surface area contributed by atoms with Gasteiger partial charge < -0.3 is 10.0 Å². The minimum Gasteiger partial charge on any atom is -0.481 e. The molecule has 0 bridgehead atoms. The van der Waals surface area contributed by atoms with Crippen molar-refractivity contribution in [2.24, 2.45) is 0 Å². The number of carboxylic acid groups (broad SMARTS) is 1. The number of carboxylic acids is 1. The van der Waals surface area contributed by atoms with Crippen molar-refractivity contribution in [3.63, 3.8) is 0 Å². The van der Waals surface area contributed by atoms with Crippen molar-refractivity contribution in [3.8, 4) is 0 Å². The number of aryl methyl sites for hydroxylation is 1. The number of nitro groups is 1. The Morgan fingerprint density at radius 3 is 2.48 bits per heavy atom. The quantitative estimate of drug-likeness (QED) is 0.376. The van der Waals surface area contributed by atoms with E-state index in [0.29, 0.717) is 23.9 Å². The maximum atomic E-state index is 13.3. The number of aliphatic carboxylic acids is 1. The van der Waals surface area contributed by atoms with Crippen LogP contribution in [0.5, 0.6) is 0 Å². The second-order valence-electron chi connectivity index (χ2n) is 6.93. The molecule has 0 fully saturated rings. The van der Waals surface area contributed by atoms with E-state index in [4.69, 9.17) is 0 Å². The van der Waals surface area contributed by atoms with Crippen molar-refractivity contribution in [2.45, 2.75) is 31.7 Å². The van der Waals surface area contributed by atoms with Crippen LogP contribution in [0.3, 0.4) is 0 Å². The third kappa shape index (κ3) is 4.03. The summed E-state index contributed by atoms with van der Waals surface area (Å²) in [6.45, 7) is 2.38. The van der Waals surface area contributed by atoms with Crippen LogP contribution in [0.1, 0.15) is 52.4 Å². The van der Waals surface area contributed by atoms with E-state index < -0.39 is 22.9 Å². The molecule has 0 radical (unpaired) electrons. The first-order valence-electron chi connectivity index (χ1n) is 9.36. The molecule has 3 rings (SSSR count). The zero-order chi connectivity index (χ0) is 21.1. The van der Waals surface area contributed by atoms with E-state index in [1.807, 2.05) is 31.2 Å². The first-order chi connectivity index (χ1) is 13.9. The SMILES string of the molecule is CCc1ccc([C@@H]2[C@H](C(=O)O)c3ccc([N+](=O)[O-])cc3C(=O)N2CCCBr)cc1. The highest BCUT2D eigenvalue weighted by molar-refractivity contribution is 9.09. The molecule has 0 saturated carbocycles. The molecular weight excluding hydrogens is 440 g/mol. The molecule has 29 heavy (non-hydrogen) atoms. The highest BCUT2D eigenvalue weighted by atomic mass is 79.9. The van der Waals surface area contributed by atoms with Crippen molar-refractivity contribution in [3.05, 3.63) is 74.8 Å². The lowest BCUT2D eigenvalue weighted by Crippen LogP contribution is -2.45. The largest absolute Gasteiger partial charge is 0.481 e. The summed E-state index contributed by atoms with van der Waals surface area (Å²) in [6.07, 6.45) is 1.48. The van der Waals surface area contributed by atoms with E-state index >= 15 is 0 Å². The highest BCUT2D eigenvalue weighted by Crippen LogP contribution is 2.43. The Hall–Kier alpha value is -2.74. The van der Waals surface area contributed by atoms with Crippen LogP contribution in [0.25, 0.3) is 0 Å². The fraction of sp³-hybridized carbons (Fsp3) is 0.333. The Kier molecular flexibility index (Phi) is 6.32. The summed E-state index contributed by atoms with van der Waals surface area (Å²) in [5, 5.41) is 21.9. The summed E-state index contributed by atoms with van der Waals surface area (Å²) in [5.41, 5.74) is 2.02. The molecule has 2 atom stereocenters. The predicted octanol–water partition coefficient (Wildman–Crippen LogP) is 4.31. The van der Waals surface area contributed by atoms with Gasteiger partial charge in [-0.3, -0.25) is 19.7 Å². The molecule has 0 aromatic heterocycles. The molecule has 1 aliphatic heterocycles. The Balaban J connectivity index is 2.18. The second-order valence-corrected chi connectivity index (χ2v) is 7.72. The zero-order valence-corrected chi connectivity index (χ0v) is 17.5. The van der Waals surface area contributed by atoms with E-state index in [-0.39, 0.29) is 17.2 Å². The molecule has 0 saturated heterocycles. The van der Waals surface area contributed by atoms with Crippen LogP contribution in [0.15, 0.2) is 42.5 Å². The van der Waals surface area contributed by atoms with Gasteiger partial charge in [0.15, 0.2) is 0 Å².